The van der Waals surface area contributed by atoms with E-state index in [2.05, 4.69) is 24.9 Å². The molecule has 0 aliphatic carbocycles. The zero-order valence-corrected chi connectivity index (χ0v) is 7.45. The standard InChI is InChI=1S/C10H13NO/c1-7(2)9-6-12-10-5-11-4-3-8(9)10/h3-5,7,9H,6H2,1-2H3/t9-/m1/s1. The van der Waals surface area contributed by atoms with E-state index in [0.29, 0.717) is 11.8 Å². The molecule has 0 bridgehead atoms. The van der Waals surface area contributed by atoms with Crippen LogP contribution in [0.25, 0.3) is 0 Å². The Morgan fingerprint density at radius 3 is 3.17 bits per heavy atom. The van der Waals surface area contributed by atoms with Crippen molar-refractivity contribution in [2.45, 2.75) is 19.8 Å². The molecule has 0 fully saturated rings. The lowest BCUT2D eigenvalue weighted by atomic mass is 9.91. The van der Waals surface area contributed by atoms with Gasteiger partial charge in [0.25, 0.3) is 0 Å². The molecule has 0 spiro atoms. The smallest absolute Gasteiger partial charge is 0.141 e. The highest BCUT2D eigenvalue weighted by atomic mass is 16.5. The van der Waals surface area contributed by atoms with Crippen LogP contribution in [0.15, 0.2) is 18.5 Å². The molecule has 0 radical (unpaired) electrons. The van der Waals surface area contributed by atoms with Crippen LogP contribution in [-0.2, 0) is 0 Å². The van der Waals surface area contributed by atoms with Gasteiger partial charge in [0.05, 0.1) is 12.8 Å². The van der Waals surface area contributed by atoms with E-state index in [4.69, 9.17) is 4.74 Å². The number of hydrogen-bond acceptors (Lipinski definition) is 2. The Bertz CT molecular complexity index is 283. The van der Waals surface area contributed by atoms with E-state index in [1.807, 2.05) is 6.20 Å². The van der Waals surface area contributed by atoms with E-state index < -0.39 is 0 Å². The number of nitrogens with zero attached hydrogens (tertiary/aromatic N) is 1. The fraction of sp³-hybridized carbons (Fsp3) is 0.500. The first-order valence-electron chi connectivity index (χ1n) is 4.35. The van der Waals surface area contributed by atoms with Gasteiger partial charge in [-0.1, -0.05) is 13.8 Å². The maximum absolute atomic E-state index is 5.51. The van der Waals surface area contributed by atoms with Gasteiger partial charge in [0.2, 0.25) is 0 Å². The summed E-state index contributed by atoms with van der Waals surface area (Å²) in [6.07, 6.45) is 3.64. The molecule has 1 aliphatic heterocycles. The first-order valence-corrected chi connectivity index (χ1v) is 4.35. The van der Waals surface area contributed by atoms with Crippen molar-refractivity contribution in [1.29, 1.82) is 0 Å². The molecule has 2 heterocycles. The summed E-state index contributed by atoms with van der Waals surface area (Å²) in [6.45, 7) is 5.27. The van der Waals surface area contributed by atoms with Crippen LogP contribution in [0.4, 0.5) is 0 Å². The predicted molar refractivity (Wildman–Crippen MR) is 47.3 cm³/mol. The molecule has 2 heteroatoms. The highest BCUT2D eigenvalue weighted by Gasteiger charge is 2.26. The Hall–Kier alpha value is -1.05. The second-order valence-corrected chi connectivity index (χ2v) is 3.58. The molecule has 1 atom stereocenters. The monoisotopic (exact) mass is 163 g/mol. The highest BCUT2D eigenvalue weighted by Crippen LogP contribution is 2.36. The molecule has 0 saturated heterocycles. The van der Waals surface area contributed by atoms with Gasteiger partial charge in [0.1, 0.15) is 5.75 Å². The van der Waals surface area contributed by atoms with Gasteiger partial charge in [-0.05, 0) is 12.0 Å². The molecule has 2 nitrogen and oxygen atoms in total. The zero-order valence-electron chi connectivity index (χ0n) is 7.45. The second-order valence-electron chi connectivity index (χ2n) is 3.58. The fourth-order valence-corrected chi connectivity index (χ4v) is 1.64. The maximum Gasteiger partial charge on any atom is 0.141 e. The largest absolute Gasteiger partial charge is 0.491 e. The molecule has 1 aliphatic rings. The molecule has 0 saturated carbocycles. The summed E-state index contributed by atoms with van der Waals surface area (Å²) in [5, 5.41) is 0. The molecule has 64 valence electrons. The molecule has 1 aromatic heterocycles. The maximum atomic E-state index is 5.51. The second kappa shape index (κ2) is 2.77. The topological polar surface area (TPSA) is 22.1 Å². The van der Waals surface area contributed by atoms with E-state index in [1.165, 1.54) is 5.56 Å². The molecule has 12 heavy (non-hydrogen) atoms. The van der Waals surface area contributed by atoms with E-state index in [9.17, 15) is 0 Å². The van der Waals surface area contributed by atoms with Crippen LogP contribution in [0, 0.1) is 5.92 Å². The van der Waals surface area contributed by atoms with Gasteiger partial charge in [-0.3, -0.25) is 4.98 Å². The number of ether oxygens (including phenoxy) is 1. The van der Waals surface area contributed by atoms with Gasteiger partial charge >= 0.3 is 0 Å². The Balaban J connectivity index is 2.36. The lowest BCUT2D eigenvalue weighted by Crippen LogP contribution is -2.07. The van der Waals surface area contributed by atoms with Crippen molar-refractivity contribution in [2.24, 2.45) is 5.92 Å². The number of fused-ring (bicyclic) bond motifs is 1. The van der Waals surface area contributed by atoms with E-state index in [1.54, 1.807) is 6.20 Å². The fourth-order valence-electron chi connectivity index (χ4n) is 1.64. The average Bonchev–Trinajstić information content (AvgIpc) is 2.47. The van der Waals surface area contributed by atoms with Gasteiger partial charge in [0.15, 0.2) is 0 Å². The first kappa shape index (κ1) is 7.59. The van der Waals surface area contributed by atoms with Gasteiger partial charge in [-0.25, -0.2) is 0 Å². The van der Waals surface area contributed by atoms with Crippen molar-refractivity contribution in [3.63, 3.8) is 0 Å². The van der Waals surface area contributed by atoms with Gasteiger partial charge in [0, 0.05) is 17.7 Å². The summed E-state index contributed by atoms with van der Waals surface area (Å²) in [5.74, 6) is 2.17. The Morgan fingerprint density at radius 2 is 2.42 bits per heavy atom. The summed E-state index contributed by atoms with van der Waals surface area (Å²) >= 11 is 0. The normalized spacial score (nSPS) is 20.8. The van der Waals surface area contributed by atoms with Crippen LogP contribution in [0.2, 0.25) is 0 Å². The summed E-state index contributed by atoms with van der Waals surface area (Å²) in [5.41, 5.74) is 1.32. The van der Waals surface area contributed by atoms with E-state index in [0.717, 1.165) is 12.4 Å². The minimum Gasteiger partial charge on any atom is -0.491 e. The van der Waals surface area contributed by atoms with Gasteiger partial charge in [-0.15, -0.1) is 0 Å². The van der Waals surface area contributed by atoms with Crippen LogP contribution >= 0.6 is 0 Å². The Kier molecular flexibility index (Phi) is 1.75. The molecule has 1 aromatic rings. The van der Waals surface area contributed by atoms with Crippen molar-refractivity contribution in [2.75, 3.05) is 6.61 Å². The molecular weight excluding hydrogens is 150 g/mol. The molecule has 0 N–H and O–H groups in total. The lowest BCUT2D eigenvalue weighted by Gasteiger charge is -2.11. The summed E-state index contributed by atoms with van der Waals surface area (Å²) in [6, 6.07) is 2.06. The summed E-state index contributed by atoms with van der Waals surface area (Å²) in [4.78, 5) is 4.03. The van der Waals surface area contributed by atoms with E-state index >= 15 is 0 Å². The quantitative estimate of drug-likeness (QED) is 0.633. The average molecular weight is 163 g/mol. The third kappa shape index (κ3) is 1.07. The van der Waals surface area contributed by atoms with Crippen LogP contribution < -0.4 is 4.74 Å². The minimum absolute atomic E-state index is 0.558. The van der Waals surface area contributed by atoms with E-state index in [-0.39, 0.29) is 0 Å². The van der Waals surface area contributed by atoms with Crippen molar-refractivity contribution in [3.8, 4) is 5.75 Å². The van der Waals surface area contributed by atoms with Crippen LogP contribution in [0.1, 0.15) is 25.3 Å². The Morgan fingerprint density at radius 1 is 1.58 bits per heavy atom. The van der Waals surface area contributed by atoms with Gasteiger partial charge in [-0.2, -0.15) is 0 Å². The van der Waals surface area contributed by atoms with Crippen molar-refractivity contribution in [3.05, 3.63) is 24.0 Å². The SMILES string of the molecule is CC(C)[C@H]1COc2cnccc21. The number of hydrogen-bond donors (Lipinski definition) is 0. The lowest BCUT2D eigenvalue weighted by molar-refractivity contribution is 0.303. The summed E-state index contributed by atoms with van der Waals surface area (Å²) in [7, 11) is 0. The van der Waals surface area contributed by atoms with Crippen molar-refractivity contribution in [1.82, 2.24) is 4.98 Å². The van der Waals surface area contributed by atoms with Gasteiger partial charge < -0.3 is 4.74 Å². The number of rotatable bonds is 1. The first-order chi connectivity index (χ1) is 5.79. The molecule has 0 amide bonds. The molecule has 0 unspecified atom stereocenters. The molecule has 2 rings (SSSR count). The molecule has 0 aromatic carbocycles. The predicted octanol–water partition coefficient (Wildman–Crippen LogP) is 2.21. The van der Waals surface area contributed by atoms with Crippen molar-refractivity contribution < 1.29 is 4.74 Å². The molecular formula is C10H13NO. The number of pyridine rings is 1. The zero-order chi connectivity index (χ0) is 8.55. The van der Waals surface area contributed by atoms with Crippen molar-refractivity contribution >= 4 is 0 Å². The third-order valence-electron chi connectivity index (χ3n) is 2.44. The number of aromatic nitrogens is 1. The van der Waals surface area contributed by atoms with Crippen LogP contribution in [0.3, 0.4) is 0 Å². The van der Waals surface area contributed by atoms with Crippen LogP contribution in [0.5, 0.6) is 5.75 Å². The third-order valence-corrected chi connectivity index (χ3v) is 2.44. The van der Waals surface area contributed by atoms with Crippen LogP contribution in [-0.4, -0.2) is 11.6 Å². The minimum atomic E-state index is 0.558. The Labute approximate surface area is 72.6 Å². The summed E-state index contributed by atoms with van der Waals surface area (Å²) < 4.78 is 5.51. The highest BCUT2D eigenvalue weighted by molar-refractivity contribution is 5.37.